The van der Waals surface area contributed by atoms with Gasteiger partial charge < -0.3 is 4.52 Å². The van der Waals surface area contributed by atoms with Crippen LogP contribution in [0.3, 0.4) is 0 Å². The highest BCUT2D eigenvalue weighted by atomic mass is 31.2. The molecule has 0 fully saturated rings. The average molecular weight is 226 g/mol. The second-order valence-corrected chi connectivity index (χ2v) is 7.00. The van der Waals surface area contributed by atoms with E-state index < -0.39 is 7.37 Å². The van der Waals surface area contributed by atoms with Crippen LogP contribution in [0.5, 0.6) is 0 Å². The van der Waals surface area contributed by atoms with Gasteiger partial charge in [0, 0.05) is 12.8 Å². The first kappa shape index (κ1) is 12.5. The van der Waals surface area contributed by atoms with Crippen LogP contribution in [0.1, 0.15) is 19.4 Å². The zero-order valence-electron chi connectivity index (χ0n) is 9.64. The minimum Gasteiger partial charge on any atom is -0.324 e. The summed E-state index contributed by atoms with van der Waals surface area (Å²) in [7, 11) is -2.41. The molecule has 0 bridgehead atoms. The first-order valence-electron chi connectivity index (χ1n) is 5.24. The smallest absolute Gasteiger partial charge is 0.200 e. The van der Waals surface area contributed by atoms with Gasteiger partial charge in [-0.15, -0.1) is 0 Å². The molecule has 1 rings (SSSR count). The summed E-state index contributed by atoms with van der Waals surface area (Å²) in [4.78, 5) is 0. The van der Waals surface area contributed by atoms with E-state index in [0.29, 0.717) is 18.7 Å². The minimum atomic E-state index is -2.41. The van der Waals surface area contributed by atoms with E-state index >= 15 is 0 Å². The molecule has 0 aliphatic rings. The summed E-state index contributed by atoms with van der Waals surface area (Å²) < 4.78 is 17.5. The van der Waals surface area contributed by atoms with E-state index in [1.165, 1.54) is 0 Å². The molecular weight excluding hydrogens is 207 g/mol. The Hall–Kier alpha value is -0.590. The van der Waals surface area contributed by atoms with Crippen LogP contribution in [0.4, 0.5) is 0 Å². The average Bonchev–Trinajstić information content (AvgIpc) is 2.15. The van der Waals surface area contributed by atoms with Crippen molar-refractivity contribution < 1.29 is 9.09 Å². The molecule has 0 aliphatic heterocycles. The summed E-state index contributed by atoms with van der Waals surface area (Å²) in [5.41, 5.74) is 1.07. The number of rotatable bonds is 5. The molecule has 0 N–H and O–H groups in total. The largest absolute Gasteiger partial charge is 0.324 e. The molecule has 15 heavy (non-hydrogen) atoms. The molecule has 0 heterocycles. The lowest BCUT2D eigenvalue weighted by atomic mass is 10.2. The Morgan fingerprint density at radius 2 is 1.87 bits per heavy atom. The third-order valence-corrected chi connectivity index (χ3v) is 4.11. The van der Waals surface area contributed by atoms with Crippen LogP contribution < -0.4 is 0 Å². The van der Waals surface area contributed by atoms with Crippen molar-refractivity contribution in [1.82, 2.24) is 0 Å². The third-order valence-electron chi connectivity index (χ3n) is 2.04. The van der Waals surface area contributed by atoms with Crippen molar-refractivity contribution in [3.8, 4) is 0 Å². The lowest BCUT2D eigenvalue weighted by Crippen LogP contribution is -2.00. The highest BCUT2D eigenvalue weighted by Crippen LogP contribution is 2.44. The van der Waals surface area contributed by atoms with E-state index in [-0.39, 0.29) is 0 Å². The second-order valence-electron chi connectivity index (χ2n) is 4.35. The van der Waals surface area contributed by atoms with E-state index in [4.69, 9.17) is 4.52 Å². The van der Waals surface area contributed by atoms with Crippen molar-refractivity contribution in [3.63, 3.8) is 0 Å². The maximum absolute atomic E-state index is 12.0. The van der Waals surface area contributed by atoms with Crippen LogP contribution in [-0.2, 0) is 15.7 Å². The van der Waals surface area contributed by atoms with E-state index in [9.17, 15) is 4.57 Å². The van der Waals surface area contributed by atoms with Gasteiger partial charge in [-0.1, -0.05) is 44.2 Å². The summed E-state index contributed by atoms with van der Waals surface area (Å²) in [5, 5.41) is 0. The lowest BCUT2D eigenvalue weighted by Gasteiger charge is -2.15. The Bertz CT molecular complexity index is 333. The Kier molecular flexibility index (Phi) is 4.56. The molecule has 1 aromatic carbocycles. The monoisotopic (exact) mass is 226 g/mol. The van der Waals surface area contributed by atoms with Gasteiger partial charge in [-0.05, 0) is 11.5 Å². The van der Waals surface area contributed by atoms with Crippen LogP contribution in [0.2, 0.25) is 0 Å². The van der Waals surface area contributed by atoms with Gasteiger partial charge in [0.1, 0.15) is 0 Å². The molecule has 84 valence electrons. The molecule has 0 saturated carbocycles. The molecular formula is C12H19O2P. The van der Waals surface area contributed by atoms with Gasteiger partial charge in [0.15, 0.2) is 0 Å². The first-order valence-corrected chi connectivity index (χ1v) is 7.50. The standard InChI is InChI=1S/C12H19O2P/c1-11(2)10-15(3,13)14-9-12-7-5-4-6-8-12/h4-8,11H,9-10H2,1-3H3. The Morgan fingerprint density at radius 3 is 2.40 bits per heavy atom. The second kappa shape index (κ2) is 5.48. The molecule has 2 nitrogen and oxygen atoms in total. The first-order chi connectivity index (χ1) is 6.99. The Balaban J connectivity index is 2.46. The molecule has 0 amide bonds. The van der Waals surface area contributed by atoms with Gasteiger partial charge in [-0.25, -0.2) is 0 Å². The van der Waals surface area contributed by atoms with E-state index in [0.717, 1.165) is 5.56 Å². The normalized spacial score (nSPS) is 15.2. The Morgan fingerprint density at radius 1 is 1.27 bits per heavy atom. The quantitative estimate of drug-likeness (QED) is 0.714. The molecule has 0 aromatic heterocycles. The third kappa shape index (κ3) is 5.15. The molecule has 0 aliphatic carbocycles. The van der Waals surface area contributed by atoms with Crippen LogP contribution in [0.25, 0.3) is 0 Å². The molecule has 0 saturated heterocycles. The summed E-state index contributed by atoms with van der Waals surface area (Å²) in [5.74, 6) is 0.414. The molecule has 1 aromatic rings. The highest BCUT2D eigenvalue weighted by molar-refractivity contribution is 7.58. The van der Waals surface area contributed by atoms with E-state index in [1.54, 1.807) is 6.66 Å². The SMILES string of the molecule is CC(C)CP(C)(=O)OCc1ccccc1. The predicted octanol–water partition coefficient (Wildman–Crippen LogP) is 3.77. The predicted molar refractivity (Wildman–Crippen MR) is 64.5 cm³/mol. The topological polar surface area (TPSA) is 26.3 Å². The number of hydrogen-bond acceptors (Lipinski definition) is 2. The van der Waals surface area contributed by atoms with Crippen molar-refractivity contribution in [2.24, 2.45) is 5.92 Å². The highest BCUT2D eigenvalue weighted by Gasteiger charge is 2.17. The van der Waals surface area contributed by atoms with Crippen LogP contribution in [-0.4, -0.2) is 12.8 Å². The fourth-order valence-electron chi connectivity index (χ4n) is 1.50. The van der Waals surface area contributed by atoms with Crippen molar-refractivity contribution in [2.75, 3.05) is 12.8 Å². The van der Waals surface area contributed by atoms with Crippen molar-refractivity contribution >= 4 is 7.37 Å². The van der Waals surface area contributed by atoms with Gasteiger partial charge in [-0.2, -0.15) is 0 Å². The van der Waals surface area contributed by atoms with E-state index in [1.807, 2.05) is 30.3 Å². The molecule has 1 unspecified atom stereocenters. The fraction of sp³-hybridized carbons (Fsp3) is 0.500. The van der Waals surface area contributed by atoms with E-state index in [2.05, 4.69) is 13.8 Å². The van der Waals surface area contributed by atoms with Gasteiger partial charge in [-0.3, -0.25) is 4.57 Å². The van der Waals surface area contributed by atoms with Gasteiger partial charge >= 0.3 is 0 Å². The molecule has 3 heteroatoms. The van der Waals surface area contributed by atoms with Crippen molar-refractivity contribution in [1.29, 1.82) is 0 Å². The molecule has 1 atom stereocenters. The van der Waals surface area contributed by atoms with Crippen LogP contribution >= 0.6 is 7.37 Å². The maximum Gasteiger partial charge on any atom is 0.200 e. The zero-order chi connectivity index (χ0) is 11.3. The number of benzene rings is 1. The Labute approximate surface area is 92.1 Å². The van der Waals surface area contributed by atoms with Gasteiger partial charge in [0.2, 0.25) is 7.37 Å². The summed E-state index contributed by atoms with van der Waals surface area (Å²) >= 11 is 0. The maximum atomic E-state index is 12.0. The molecule has 0 radical (unpaired) electrons. The molecule has 0 spiro atoms. The van der Waals surface area contributed by atoms with Crippen LogP contribution in [0, 0.1) is 5.92 Å². The van der Waals surface area contributed by atoms with Crippen molar-refractivity contribution in [2.45, 2.75) is 20.5 Å². The van der Waals surface area contributed by atoms with Gasteiger partial charge in [0.05, 0.1) is 6.61 Å². The van der Waals surface area contributed by atoms with Crippen molar-refractivity contribution in [3.05, 3.63) is 35.9 Å². The lowest BCUT2D eigenvalue weighted by molar-refractivity contribution is 0.303. The number of hydrogen-bond donors (Lipinski definition) is 0. The minimum absolute atomic E-state index is 0.414. The summed E-state index contributed by atoms with van der Waals surface area (Å²) in [6.45, 7) is 6.28. The van der Waals surface area contributed by atoms with Crippen LogP contribution in [0.15, 0.2) is 30.3 Å². The summed E-state index contributed by atoms with van der Waals surface area (Å²) in [6.07, 6.45) is 0.653. The fourth-order valence-corrected chi connectivity index (χ4v) is 3.36. The zero-order valence-corrected chi connectivity index (χ0v) is 10.5. The summed E-state index contributed by atoms with van der Waals surface area (Å²) in [6, 6.07) is 9.84. The van der Waals surface area contributed by atoms with Gasteiger partial charge in [0.25, 0.3) is 0 Å².